The van der Waals surface area contributed by atoms with E-state index in [2.05, 4.69) is 191 Å². The summed E-state index contributed by atoms with van der Waals surface area (Å²) in [5.74, 6) is -1.09. The normalized spacial score (nSPS) is 13.5. The third-order valence-electron chi connectivity index (χ3n) is 10.9. The Kier molecular flexibility index (Phi) is 54.6. The van der Waals surface area contributed by atoms with Crippen LogP contribution in [0.15, 0.2) is 182 Å². The van der Waals surface area contributed by atoms with Crippen LogP contribution in [0.2, 0.25) is 0 Å². The number of hydrogen-bond acceptors (Lipinski definition) is 6. The third kappa shape index (κ3) is 57.3. The average Bonchev–Trinajstić information content (AvgIpc) is 3.39. The smallest absolute Gasteiger partial charge is 0.306 e. The topological polar surface area (TPSA) is 78.9 Å². The fraction of sp³-hybridized carbons (Fsp3) is 0.507. The molecule has 0 rings (SSSR count). The van der Waals surface area contributed by atoms with Gasteiger partial charge in [0, 0.05) is 19.3 Å². The van der Waals surface area contributed by atoms with Crippen LogP contribution < -0.4 is 0 Å². The molecule has 0 aliphatic heterocycles. The Morgan fingerprint density at radius 1 is 0.274 bits per heavy atom. The Balaban J connectivity index is 4.66. The predicted octanol–water partition coefficient (Wildman–Crippen LogP) is 19.3. The molecule has 73 heavy (non-hydrogen) atoms. The first-order valence-corrected chi connectivity index (χ1v) is 28.3. The van der Waals surface area contributed by atoms with Gasteiger partial charge in [0.2, 0.25) is 0 Å². The van der Waals surface area contributed by atoms with Crippen molar-refractivity contribution in [3.8, 4) is 0 Å². The van der Waals surface area contributed by atoms with Crippen molar-refractivity contribution >= 4 is 17.9 Å². The molecule has 0 aliphatic carbocycles. The zero-order valence-corrected chi connectivity index (χ0v) is 46.1. The van der Waals surface area contributed by atoms with Crippen LogP contribution in [0.1, 0.15) is 201 Å². The number of ether oxygens (including phenoxy) is 3. The average molecular weight is 1000 g/mol. The highest BCUT2D eigenvalue weighted by Crippen LogP contribution is 2.11. The van der Waals surface area contributed by atoms with Crippen molar-refractivity contribution < 1.29 is 28.6 Å². The van der Waals surface area contributed by atoms with Gasteiger partial charge in [-0.05, 0) is 141 Å². The number of unbranched alkanes of at least 4 members (excludes halogenated alkanes) is 7. The highest BCUT2D eigenvalue weighted by molar-refractivity contribution is 5.71. The number of carbonyl (C=O) groups excluding carboxylic acids is 3. The number of rotatable bonds is 48. The van der Waals surface area contributed by atoms with Crippen LogP contribution in [0.3, 0.4) is 0 Å². The van der Waals surface area contributed by atoms with Crippen LogP contribution >= 0.6 is 0 Å². The summed E-state index contributed by atoms with van der Waals surface area (Å²) in [5.41, 5.74) is 0. The second-order valence-electron chi connectivity index (χ2n) is 17.7. The molecule has 0 bridgehead atoms. The van der Waals surface area contributed by atoms with Crippen LogP contribution in [0, 0.1) is 0 Å². The fourth-order valence-corrected chi connectivity index (χ4v) is 6.78. The molecule has 6 nitrogen and oxygen atoms in total. The first-order chi connectivity index (χ1) is 36.0. The number of allylic oxidation sites excluding steroid dienone is 30. The lowest BCUT2D eigenvalue weighted by molar-refractivity contribution is -0.166. The van der Waals surface area contributed by atoms with E-state index in [-0.39, 0.29) is 44.0 Å². The largest absolute Gasteiger partial charge is 0.462 e. The summed E-state index contributed by atoms with van der Waals surface area (Å²) < 4.78 is 16.7. The maximum absolute atomic E-state index is 12.9. The quantitative estimate of drug-likeness (QED) is 0.0262. The van der Waals surface area contributed by atoms with E-state index in [0.29, 0.717) is 19.3 Å². The Labute approximate surface area is 446 Å². The molecular formula is C67H100O6. The lowest BCUT2D eigenvalue weighted by Gasteiger charge is -2.18. The highest BCUT2D eigenvalue weighted by Gasteiger charge is 2.19. The minimum Gasteiger partial charge on any atom is -0.462 e. The SMILES string of the molecule is CC/C=C\C/C=C\C/C=C\C/C=C\C/C=C\C/C=C\CCC(=O)OC[C@H](COC(=O)CCCCCC/C=C\C/C=C\C/C=C\C/C=C\CC)OC(=O)CCCCC/C=C\C/C=C\C/C=C\C/C=C\C/C=C\CC. The van der Waals surface area contributed by atoms with E-state index in [4.69, 9.17) is 14.2 Å². The molecule has 404 valence electrons. The van der Waals surface area contributed by atoms with Gasteiger partial charge in [-0.15, -0.1) is 0 Å². The summed E-state index contributed by atoms with van der Waals surface area (Å²) in [6, 6.07) is 0. The maximum atomic E-state index is 12.9. The van der Waals surface area contributed by atoms with Crippen molar-refractivity contribution in [1.82, 2.24) is 0 Å². The molecule has 0 saturated heterocycles. The molecule has 0 saturated carbocycles. The predicted molar refractivity (Wildman–Crippen MR) is 315 cm³/mol. The summed E-state index contributed by atoms with van der Waals surface area (Å²) in [7, 11) is 0. The van der Waals surface area contributed by atoms with Gasteiger partial charge in [-0.2, -0.15) is 0 Å². The molecule has 0 heterocycles. The van der Waals surface area contributed by atoms with E-state index in [1.165, 1.54) is 0 Å². The first-order valence-electron chi connectivity index (χ1n) is 28.3. The van der Waals surface area contributed by atoms with Crippen molar-refractivity contribution in [2.45, 2.75) is 207 Å². The Morgan fingerprint density at radius 3 is 0.849 bits per heavy atom. The van der Waals surface area contributed by atoms with Gasteiger partial charge in [-0.25, -0.2) is 0 Å². The first kappa shape index (κ1) is 67.5. The summed E-state index contributed by atoms with van der Waals surface area (Å²) in [4.78, 5) is 38.2. The minimum absolute atomic E-state index is 0.138. The monoisotopic (exact) mass is 1000 g/mol. The zero-order valence-electron chi connectivity index (χ0n) is 46.1. The molecule has 0 fully saturated rings. The molecule has 0 amide bonds. The second-order valence-corrected chi connectivity index (χ2v) is 17.7. The van der Waals surface area contributed by atoms with Crippen molar-refractivity contribution in [3.63, 3.8) is 0 Å². The molecule has 0 aromatic carbocycles. The standard InChI is InChI=1S/C67H100O6/c1-4-7-10-13-16-19-22-25-28-31-33-36-39-42-45-48-51-54-57-60-66(69)72-63-64(62-71-65(68)59-56-53-50-47-44-41-38-35-30-27-24-21-18-15-12-9-6-3)73-67(70)61-58-55-52-49-46-43-40-37-34-32-29-26-23-20-17-14-11-8-5-2/h7-12,16-21,25-30,33-34,36-38,41-43,45-46,51,54,64H,4-6,13-15,22-24,31-32,35,39-40,44,47-50,52-53,55-63H2,1-3H3/b10-7-,11-8-,12-9-,19-16-,20-17-,21-18-,28-25-,29-26-,30-27-,36-33-,37-34-,41-38-,45-42-,46-43-,54-51-/t64-/m0/s1. The van der Waals surface area contributed by atoms with Crippen molar-refractivity contribution in [3.05, 3.63) is 182 Å². The molecule has 0 aromatic heterocycles. The lowest BCUT2D eigenvalue weighted by atomic mass is 10.1. The Bertz CT molecular complexity index is 1770. The van der Waals surface area contributed by atoms with Crippen LogP contribution in [-0.4, -0.2) is 37.2 Å². The van der Waals surface area contributed by atoms with Gasteiger partial charge < -0.3 is 14.2 Å². The number of esters is 3. The van der Waals surface area contributed by atoms with E-state index < -0.39 is 6.10 Å². The van der Waals surface area contributed by atoms with Crippen LogP contribution in [-0.2, 0) is 28.6 Å². The third-order valence-corrected chi connectivity index (χ3v) is 10.9. The van der Waals surface area contributed by atoms with Crippen LogP contribution in [0.5, 0.6) is 0 Å². The zero-order chi connectivity index (χ0) is 52.9. The van der Waals surface area contributed by atoms with E-state index in [1.54, 1.807) is 0 Å². The van der Waals surface area contributed by atoms with Crippen molar-refractivity contribution in [2.24, 2.45) is 0 Å². The summed E-state index contributed by atoms with van der Waals surface area (Å²) in [6.45, 7) is 6.16. The van der Waals surface area contributed by atoms with Gasteiger partial charge in [-0.3, -0.25) is 14.4 Å². The van der Waals surface area contributed by atoms with E-state index in [1.807, 2.05) is 12.2 Å². The molecule has 0 N–H and O–H groups in total. The van der Waals surface area contributed by atoms with Gasteiger partial charge >= 0.3 is 17.9 Å². The molecule has 6 heteroatoms. The molecule has 0 spiro atoms. The van der Waals surface area contributed by atoms with Crippen molar-refractivity contribution in [1.29, 1.82) is 0 Å². The minimum atomic E-state index is -0.848. The van der Waals surface area contributed by atoms with Gasteiger partial charge in [0.15, 0.2) is 6.10 Å². The van der Waals surface area contributed by atoms with Gasteiger partial charge in [-0.1, -0.05) is 222 Å². The van der Waals surface area contributed by atoms with Gasteiger partial charge in [0.25, 0.3) is 0 Å². The van der Waals surface area contributed by atoms with E-state index >= 15 is 0 Å². The van der Waals surface area contributed by atoms with E-state index in [0.717, 1.165) is 148 Å². The van der Waals surface area contributed by atoms with E-state index in [9.17, 15) is 14.4 Å². The highest BCUT2D eigenvalue weighted by atomic mass is 16.6. The molecule has 0 radical (unpaired) electrons. The lowest BCUT2D eigenvalue weighted by Crippen LogP contribution is -2.30. The number of carbonyl (C=O) groups is 3. The van der Waals surface area contributed by atoms with Gasteiger partial charge in [0.05, 0.1) is 0 Å². The molecule has 0 unspecified atom stereocenters. The number of hydrogen-bond donors (Lipinski definition) is 0. The molecule has 0 aromatic rings. The molecular weight excluding hydrogens is 901 g/mol. The van der Waals surface area contributed by atoms with Crippen molar-refractivity contribution in [2.75, 3.05) is 13.2 Å². The maximum Gasteiger partial charge on any atom is 0.306 e. The van der Waals surface area contributed by atoms with Crippen LogP contribution in [0.25, 0.3) is 0 Å². The molecule has 1 atom stereocenters. The summed E-state index contributed by atoms with van der Waals surface area (Å²) >= 11 is 0. The van der Waals surface area contributed by atoms with Crippen LogP contribution in [0.4, 0.5) is 0 Å². The van der Waals surface area contributed by atoms with Gasteiger partial charge in [0.1, 0.15) is 13.2 Å². The second kappa shape index (κ2) is 59.1. The summed E-state index contributed by atoms with van der Waals surface area (Å²) in [5, 5.41) is 0. The summed E-state index contributed by atoms with van der Waals surface area (Å²) in [6.07, 6.45) is 88.9. The Hall–Kier alpha value is -5.49. The Morgan fingerprint density at radius 2 is 0.521 bits per heavy atom. The molecule has 0 aliphatic rings. The fourth-order valence-electron chi connectivity index (χ4n) is 6.78.